The molecule has 0 spiro atoms. The number of carboxylic acid groups (broad SMARTS) is 1. The molecular weight excluding hydrogens is 801 g/mol. The van der Waals surface area contributed by atoms with E-state index in [0.29, 0.717) is 12.8 Å². The summed E-state index contributed by atoms with van der Waals surface area (Å²) >= 11 is 0. The third-order valence-corrected chi connectivity index (χ3v) is 11.4. The molecule has 1 aliphatic heterocycles. The highest BCUT2D eigenvalue weighted by Gasteiger charge is 2.47. The Morgan fingerprint density at radius 3 is 1.38 bits per heavy atom. The van der Waals surface area contributed by atoms with Crippen molar-refractivity contribution >= 4 is 17.9 Å². The van der Waals surface area contributed by atoms with Crippen molar-refractivity contribution in [3.05, 3.63) is 48.6 Å². The van der Waals surface area contributed by atoms with Gasteiger partial charge in [-0.2, -0.15) is 0 Å². The molecule has 0 amide bonds. The van der Waals surface area contributed by atoms with Gasteiger partial charge in [0.25, 0.3) is 0 Å². The lowest BCUT2D eigenvalue weighted by Gasteiger charge is -2.38. The van der Waals surface area contributed by atoms with Crippen LogP contribution in [0.15, 0.2) is 48.6 Å². The van der Waals surface area contributed by atoms with Gasteiger partial charge in [0.2, 0.25) is 0 Å². The molecule has 0 aromatic carbocycles. The summed E-state index contributed by atoms with van der Waals surface area (Å²) in [6.45, 7) is 3.79. The van der Waals surface area contributed by atoms with Crippen molar-refractivity contribution in [2.45, 2.75) is 250 Å². The van der Waals surface area contributed by atoms with Gasteiger partial charge < -0.3 is 39.4 Å². The standard InChI is InChI=1S/C52H90O11/c1-3-5-7-9-11-13-15-17-19-21-23-25-26-28-30-32-34-36-38-40-45(53)60-42-44(43-61-52-49(57)47(55)48(56)50(63-52)51(58)59)62-46(54)41-39-37-35-33-31-29-27-24-22-20-18-16-14-12-10-8-6-4-2/h11,13,17,19-20,22-23,25,44,47-50,52,55-57H,3-10,12,14-16,18,21,24,26-43H2,1-2H3,(H,58,59)/b13-11-,19-17-,22-20-,25-23-. The fraction of sp³-hybridized carbons (Fsp3) is 0.788. The van der Waals surface area contributed by atoms with Gasteiger partial charge in [0, 0.05) is 12.8 Å². The molecule has 364 valence electrons. The van der Waals surface area contributed by atoms with E-state index < -0.39 is 61.3 Å². The minimum Gasteiger partial charge on any atom is -0.479 e. The summed E-state index contributed by atoms with van der Waals surface area (Å²) in [6, 6.07) is 0. The fourth-order valence-corrected chi connectivity index (χ4v) is 7.41. The Balaban J connectivity index is 2.33. The lowest BCUT2D eigenvalue weighted by Crippen LogP contribution is -2.60. The van der Waals surface area contributed by atoms with Crippen molar-refractivity contribution in [3.8, 4) is 0 Å². The molecule has 1 aliphatic rings. The second-order valence-corrected chi connectivity index (χ2v) is 17.3. The first-order valence-corrected chi connectivity index (χ1v) is 25.2. The van der Waals surface area contributed by atoms with Gasteiger partial charge in [0.05, 0.1) is 6.61 Å². The van der Waals surface area contributed by atoms with Crippen LogP contribution >= 0.6 is 0 Å². The molecule has 1 fully saturated rings. The number of esters is 2. The number of ether oxygens (including phenoxy) is 4. The van der Waals surface area contributed by atoms with E-state index in [-0.39, 0.29) is 19.4 Å². The molecule has 1 saturated heterocycles. The van der Waals surface area contributed by atoms with E-state index >= 15 is 0 Å². The van der Waals surface area contributed by atoms with Gasteiger partial charge in [-0.3, -0.25) is 9.59 Å². The summed E-state index contributed by atoms with van der Waals surface area (Å²) in [7, 11) is 0. The summed E-state index contributed by atoms with van der Waals surface area (Å²) in [5, 5.41) is 39.9. The Bertz CT molecular complexity index is 1230. The van der Waals surface area contributed by atoms with Crippen LogP contribution in [0, 0.1) is 0 Å². The quantitative estimate of drug-likeness (QED) is 0.0261. The lowest BCUT2D eigenvalue weighted by atomic mass is 9.99. The number of hydrogen-bond acceptors (Lipinski definition) is 10. The first-order chi connectivity index (χ1) is 30.7. The van der Waals surface area contributed by atoms with Gasteiger partial charge in [-0.1, -0.05) is 172 Å². The molecule has 0 radical (unpaired) electrons. The van der Waals surface area contributed by atoms with Crippen LogP contribution < -0.4 is 0 Å². The molecule has 63 heavy (non-hydrogen) atoms. The van der Waals surface area contributed by atoms with Gasteiger partial charge in [0.1, 0.15) is 24.9 Å². The van der Waals surface area contributed by atoms with Gasteiger partial charge in [-0.15, -0.1) is 0 Å². The van der Waals surface area contributed by atoms with Crippen molar-refractivity contribution in [1.82, 2.24) is 0 Å². The number of carbonyl (C=O) groups is 3. The number of unbranched alkanes of at least 4 members (excludes halogenated alkanes) is 23. The van der Waals surface area contributed by atoms with E-state index in [0.717, 1.165) is 77.0 Å². The Kier molecular flexibility index (Phi) is 38.6. The summed E-state index contributed by atoms with van der Waals surface area (Å²) in [6.07, 6.45) is 41.5. The van der Waals surface area contributed by atoms with Crippen LogP contribution in [0.3, 0.4) is 0 Å². The molecule has 6 atom stereocenters. The monoisotopic (exact) mass is 891 g/mol. The van der Waals surface area contributed by atoms with Crippen LogP contribution in [-0.2, 0) is 33.3 Å². The highest BCUT2D eigenvalue weighted by molar-refractivity contribution is 5.73. The minimum atomic E-state index is -1.86. The average Bonchev–Trinajstić information content (AvgIpc) is 3.27. The second-order valence-electron chi connectivity index (χ2n) is 17.3. The van der Waals surface area contributed by atoms with Crippen molar-refractivity contribution in [3.63, 3.8) is 0 Å². The van der Waals surface area contributed by atoms with Crippen LogP contribution in [0.1, 0.15) is 213 Å². The van der Waals surface area contributed by atoms with Crippen LogP contribution in [0.2, 0.25) is 0 Å². The number of aliphatic hydroxyl groups is 3. The Labute approximate surface area is 382 Å². The number of hydrogen-bond donors (Lipinski definition) is 4. The van der Waals surface area contributed by atoms with Gasteiger partial charge in [-0.05, 0) is 77.0 Å². The van der Waals surface area contributed by atoms with Gasteiger partial charge >= 0.3 is 17.9 Å². The van der Waals surface area contributed by atoms with E-state index in [1.807, 2.05) is 0 Å². The van der Waals surface area contributed by atoms with E-state index in [1.54, 1.807) is 0 Å². The molecule has 0 aromatic rings. The number of carboxylic acids is 1. The molecule has 11 nitrogen and oxygen atoms in total. The molecule has 1 rings (SSSR count). The highest BCUT2D eigenvalue weighted by atomic mass is 16.7. The SMILES string of the molecule is CCCCC/C=C\C/C=C\C/C=C\CCCCCCCCC(=O)OCC(COC1OC(C(=O)O)C(O)C(O)C1O)OC(=O)CCCCCCCCC/C=C\CCCCCCCCC. The number of rotatable bonds is 42. The maximum Gasteiger partial charge on any atom is 0.335 e. The van der Waals surface area contributed by atoms with Crippen LogP contribution in [0.25, 0.3) is 0 Å². The van der Waals surface area contributed by atoms with Crippen molar-refractivity contribution < 1.29 is 53.8 Å². The van der Waals surface area contributed by atoms with E-state index in [1.165, 1.54) is 96.3 Å². The zero-order valence-corrected chi connectivity index (χ0v) is 39.6. The highest BCUT2D eigenvalue weighted by Crippen LogP contribution is 2.23. The molecule has 11 heteroatoms. The summed E-state index contributed by atoms with van der Waals surface area (Å²) in [4.78, 5) is 37.0. The predicted molar refractivity (Wildman–Crippen MR) is 252 cm³/mol. The largest absolute Gasteiger partial charge is 0.479 e. The third kappa shape index (κ3) is 33.3. The van der Waals surface area contributed by atoms with E-state index in [9.17, 15) is 34.8 Å². The number of carbonyl (C=O) groups excluding carboxylic acids is 2. The number of aliphatic carboxylic acids is 1. The second kappa shape index (κ2) is 41.8. The summed E-state index contributed by atoms with van der Waals surface area (Å²) < 4.78 is 21.8. The van der Waals surface area contributed by atoms with Crippen LogP contribution in [0.4, 0.5) is 0 Å². The third-order valence-electron chi connectivity index (χ3n) is 11.4. The maximum atomic E-state index is 12.8. The zero-order chi connectivity index (χ0) is 46.0. The van der Waals surface area contributed by atoms with Crippen molar-refractivity contribution in [1.29, 1.82) is 0 Å². The molecule has 1 heterocycles. The normalized spacial score (nSPS) is 19.8. The average molecular weight is 891 g/mol. The summed E-state index contributed by atoms with van der Waals surface area (Å²) in [5.74, 6) is -2.46. The van der Waals surface area contributed by atoms with Crippen LogP contribution in [-0.4, -0.2) is 88.4 Å². The molecule has 6 unspecified atom stereocenters. The van der Waals surface area contributed by atoms with Gasteiger partial charge in [-0.25, -0.2) is 4.79 Å². The molecule has 0 aliphatic carbocycles. The Hall–Kier alpha value is -2.83. The molecule has 0 aromatic heterocycles. The Morgan fingerprint density at radius 2 is 0.889 bits per heavy atom. The smallest absolute Gasteiger partial charge is 0.335 e. The predicted octanol–water partition coefficient (Wildman–Crippen LogP) is 11.7. The minimum absolute atomic E-state index is 0.174. The lowest BCUT2D eigenvalue weighted by molar-refractivity contribution is -0.298. The van der Waals surface area contributed by atoms with Crippen molar-refractivity contribution in [2.75, 3.05) is 13.2 Å². The maximum absolute atomic E-state index is 12.8. The fourth-order valence-electron chi connectivity index (χ4n) is 7.41. The summed E-state index contributed by atoms with van der Waals surface area (Å²) in [5.41, 5.74) is 0. The molecule has 0 bridgehead atoms. The van der Waals surface area contributed by atoms with Crippen LogP contribution in [0.5, 0.6) is 0 Å². The number of allylic oxidation sites excluding steroid dienone is 8. The van der Waals surface area contributed by atoms with E-state index in [4.69, 9.17) is 18.9 Å². The molecule has 0 saturated carbocycles. The first-order valence-electron chi connectivity index (χ1n) is 25.2. The van der Waals surface area contributed by atoms with Crippen molar-refractivity contribution in [2.24, 2.45) is 0 Å². The van der Waals surface area contributed by atoms with E-state index in [2.05, 4.69) is 62.5 Å². The Morgan fingerprint density at radius 1 is 0.492 bits per heavy atom. The molecule has 4 N–H and O–H groups in total. The number of aliphatic hydroxyl groups excluding tert-OH is 3. The zero-order valence-electron chi connectivity index (χ0n) is 39.6. The topological polar surface area (TPSA) is 169 Å². The van der Waals surface area contributed by atoms with Gasteiger partial charge in [0.15, 0.2) is 18.5 Å². The first kappa shape index (κ1) is 58.2. The molecular formula is C52H90O11.